The van der Waals surface area contributed by atoms with Crippen LogP contribution >= 0.6 is 0 Å². The van der Waals surface area contributed by atoms with Crippen LogP contribution in [-0.2, 0) is 4.79 Å². The van der Waals surface area contributed by atoms with E-state index in [1.165, 1.54) is 0 Å². The fourth-order valence-corrected chi connectivity index (χ4v) is 0.316. The van der Waals surface area contributed by atoms with E-state index in [1.54, 1.807) is 19.0 Å². The molecule has 0 fully saturated rings. The number of rotatable bonds is 1. The van der Waals surface area contributed by atoms with Crippen LogP contribution in [0.3, 0.4) is 0 Å². The Bertz CT molecular complexity index is 77.4. The summed E-state index contributed by atoms with van der Waals surface area (Å²) in [6.45, 7) is 1.85. The largest absolute Gasteiger partial charge is 1.00 e. The summed E-state index contributed by atoms with van der Waals surface area (Å²) in [7, 11) is 3.51. The van der Waals surface area contributed by atoms with Crippen molar-refractivity contribution in [2.75, 3.05) is 14.1 Å². The zero-order valence-electron chi connectivity index (χ0n) is 7.06. The third kappa shape index (κ3) is 4.23. The van der Waals surface area contributed by atoms with E-state index in [2.05, 4.69) is 0 Å². The van der Waals surface area contributed by atoms with Crippen LogP contribution in [0, 0.1) is 0 Å². The average Bonchev–Trinajstić information content (AvgIpc) is 1.65. The van der Waals surface area contributed by atoms with E-state index in [-0.39, 0.29) is 26.2 Å². The third-order valence-electron chi connectivity index (χ3n) is 0.801. The van der Waals surface area contributed by atoms with E-state index in [0.717, 1.165) is 0 Å². The van der Waals surface area contributed by atoms with E-state index in [1.807, 2.05) is 6.92 Å². The number of amides is 1. The molecule has 0 aromatic rings. The number of nitrogens with zero attached hydrogens (tertiary/aromatic N) is 1. The molecule has 0 radical (unpaired) electrons. The van der Waals surface area contributed by atoms with Crippen molar-refractivity contribution in [2.45, 2.75) is 13.3 Å². The molecule has 0 N–H and O–H groups in total. The zero-order valence-corrected chi connectivity index (χ0v) is 6.06. The fourth-order valence-electron chi connectivity index (χ4n) is 0.316. The summed E-state index contributed by atoms with van der Waals surface area (Å²) in [5.74, 6) is 0.181. The summed E-state index contributed by atoms with van der Waals surface area (Å²) in [6.07, 6.45) is 0.604. The summed E-state index contributed by atoms with van der Waals surface area (Å²) in [5, 5.41) is 0. The van der Waals surface area contributed by atoms with Gasteiger partial charge in [-0.25, -0.2) is 0 Å². The smallest absolute Gasteiger partial charge is 1.00 e. The van der Waals surface area contributed by atoms with Gasteiger partial charge in [-0.1, -0.05) is 6.92 Å². The number of carbonyl (C=O) groups is 1. The van der Waals surface area contributed by atoms with Crippen molar-refractivity contribution >= 4 is 5.91 Å². The Balaban J connectivity index is -0.000000180. The van der Waals surface area contributed by atoms with Crippen LogP contribution in [0.4, 0.5) is 0 Å². The average molecular weight is 109 g/mol. The first-order valence-corrected chi connectivity index (χ1v) is 2.38. The molecule has 44 valence electrons. The van der Waals surface area contributed by atoms with Gasteiger partial charge in [-0.05, 0) is 0 Å². The summed E-state index contributed by atoms with van der Waals surface area (Å²) in [4.78, 5) is 12.0. The summed E-state index contributed by atoms with van der Waals surface area (Å²) < 4.78 is 0. The SMILES string of the molecule is CCC(=O)N(C)C.[H-].[Li+]. The molecule has 2 nitrogen and oxygen atoms in total. The minimum Gasteiger partial charge on any atom is -1.00 e. The topological polar surface area (TPSA) is 20.3 Å². The fraction of sp³-hybridized carbons (Fsp3) is 0.800. The maximum absolute atomic E-state index is 10.4. The second kappa shape index (κ2) is 5.21. The molecular weight excluding hydrogens is 97.0 g/mol. The third-order valence-corrected chi connectivity index (χ3v) is 0.801. The van der Waals surface area contributed by atoms with Crippen LogP contribution in [0.2, 0.25) is 0 Å². The van der Waals surface area contributed by atoms with Gasteiger partial charge in [-0.2, -0.15) is 0 Å². The Labute approximate surface area is 63.9 Å². The quantitative estimate of drug-likeness (QED) is 0.344. The van der Waals surface area contributed by atoms with Gasteiger partial charge >= 0.3 is 18.9 Å². The van der Waals surface area contributed by atoms with Gasteiger partial charge in [0.15, 0.2) is 0 Å². The zero-order chi connectivity index (χ0) is 5.86. The van der Waals surface area contributed by atoms with E-state index in [4.69, 9.17) is 0 Å². The van der Waals surface area contributed by atoms with Gasteiger partial charge in [0.1, 0.15) is 0 Å². The Morgan fingerprint density at radius 1 is 1.62 bits per heavy atom. The van der Waals surface area contributed by atoms with E-state index in [0.29, 0.717) is 6.42 Å². The monoisotopic (exact) mass is 109 g/mol. The number of carbonyl (C=O) groups excluding carboxylic acids is 1. The first kappa shape index (κ1) is 10.9. The molecule has 0 aliphatic rings. The van der Waals surface area contributed by atoms with Crippen LogP contribution < -0.4 is 18.9 Å². The molecule has 0 unspecified atom stereocenters. The molecule has 0 heterocycles. The number of hydrogen-bond donors (Lipinski definition) is 0. The van der Waals surface area contributed by atoms with Crippen molar-refractivity contribution in [1.82, 2.24) is 4.90 Å². The summed E-state index contributed by atoms with van der Waals surface area (Å²) >= 11 is 0. The first-order valence-electron chi connectivity index (χ1n) is 2.38. The maximum atomic E-state index is 10.4. The molecule has 0 aliphatic carbocycles. The molecule has 0 bridgehead atoms. The van der Waals surface area contributed by atoms with Gasteiger partial charge < -0.3 is 6.33 Å². The summed E-state index contributed by atoms with van der Waals surface area (Å²) in [6, 6.07) is 0. The first-order chi connectivity index (χ1) is 3.18. The molecule has 3 heteroatoms. The molecule has 0 rings (SSSR count). The Morgan fingerprint density at radius 2 is 2.00 bits per heavy atom. The summed E-state index contributed by atoms with van der Waals surface area (Å²) in [5.41, 5.74) is 0. The van der Waals surface area contributed by atoms with Gasteiger partial charge in [0.25, 0.3) is 0 Å². The minimum absolute atomic E-state index is 0. The second-order valence-corrected chi connectivity index (χ2v) is 1.64. The van der Waals surface area contributed by atoms with Crippen LogP contribution in [0.5, 0.6) is 0 Å². The molecule has 0 saturated heterocycles. The molecule has 1 amide bonds. The predicted molar refractivity (Wildman–Crippen MR) is 30.1 cm³/mol. The predicted octanol–water partition coefficient (Wildman–Crippen LogP) is -2.40. The number of hydrogen-bond acceptors (Lipinski definition) is 1. The van der Waals surface area contributed by atoms with Gasteiger partial charge in [-0.15, -0.1) is 0 Å². The van der Waals surface area contributed by atoms with E-state index in [9.17, 15) is 4.79 Å². The Hall–Kier alpha value is 0.0674. The molecule has 8 heavy (non-hydrogen) atoms. The second-order valence-electron chi connectivity index (χ2n) is 1.64. The molecule has 0 atom stereocenters. The van der Waals surface area contributed by atoms with Crippen molar-refractivity contribution < 1.29 is 25.1 Å². The molecule has 0 aromatic heterocycles. The van der Waals surface area contributed by atoms with Gasteiger partial charge in [0.05, 0.1) is 0 Å². The molecule has 0 aromatic carbocycles. The van der Waals surface area contributed by atoms with Crippen molar-refractivity contribution in [3.63, 3.8) is 0 Å². The van der Waals surface area contributed by atoms with Crippen molar-refractivity contribution in [3.05, 3.63) is 0 Å². The van der Waals surface area contributed by atoms with Crippen LogP contribution in [0.1, 0.15) is 14.8 Å². The Kier molecular flexibility index (Phi) is 7.13. The van der Waals surface area contributed by atoms with Crippen molar-refractivity contribution in [2.24, 2.45) is 0 Å². The van der Waals surface area contributed by atoms with Crippen molar-refractivity contribution in [1.29, 1.82) is 0 Å². The van der Waals surface area contributed by atoms with Gasteiger partial charge in [0.2, 0.25) is 5.91 Å². The standard InChI is InChI=1S/C5H11NO.Li.H/c1-4-5(7)6(2)3;;/h4H2,1-3H3;;/q;+1;-1. The minimum atomic E-state index is 0. The van der Waals surface area contributed by atoms with Crippen LogP contribution in [-0.4, -0.2) is 24.9 Å². The Morgan fingerprint density at radius 3 is 2.00 bits per heavy atom. The van der Waals surface area contributed by atoms with Gasteiger partial charge in [0, 0.05) is 20.5 Å². The van der Waals surface area contributed by atoms with Crippen molar-refractivity contribution in [3.8, 4) is 0 Å². The molecule has 0 aliphatic heterocycles. The molecular formula is C5H12LiNO. The van der Waals surface area contributed by atoms with Gasteiger partial charge in [-0.3, -0.25) is 4.79 Å². The maximum Gasteiger partial charge on any atom is 1.00 e. The van der Waals surface area contributed by atoms with Crippen LogP contribution in [0.25, 0.3) is 0 Å². The van der Waals surface area contributed by atoms with E-state index >= 15 is 0 Å². The molecule has 0 spiro atoms. The van der Waals surface area contributed by atoms with E-state index < -0.39 is 0 Å². The van der Waals surface area contributed by atoms with Crippen LogP contribution in [0.15, 0.2) is 0 Å². The molecule has 0 saturated carbocycles. The normalized spacial score (nSPS) is 7.38.